The lowest BCUT2D eigenvalue weighted by Gasteiger charge is -2.00. The number of aromatic nitrogens is 2. The van der Waals surface area contributed by atoms with Crippen LogP contribution in [0, 0.1) is 0 Å². The molecule has 0 saturated carbocycles. The number of fused-ring (bicyclic) bond motifs is 1. The third-order valence-electron chi connectivity index (χ3n) is 2.34. The summed E-state index contributed by atoms with van der Waals surface area (Å²) in [4.78, 5) is 0. The van der Waals surface area contributed by atoms with Crippen molar-refractivity contribution in [3.8, 4) is 0 Å². The molecule has 0 aliphatic carbocycles. The molecule has 1 aromatic carbocycles. The first kappa shape index (κ1) is 9.68. The Bertz CT molecular complexity index is 462. The number of benzene rings is 1. The van der Waals surface area contributed by atoms with Gasteiger partial charge in [-0.2, -0.15) is 5.10 Å². The van der Waals surface area contributed by atoms with Crippen molar-refractivity contribution in [3.05, 3.63) is 28.4 Å². The van der Waals surface area contributed by atoms with E-state index in [-0.39, 0.29) is 0 Å². The first-order chi connectivity index (χ1) is 6.77. The Kier molecular flexibility index (Phi) is 2.56. The highest BCUT2D eigenvalue weighted by molar-refractivity contribution is 9.10. The van der Waals surface area contributed by atoms with Gasteiger partial charge in [-0.15, -0.1) is 0 Å². The summed E-state index contributed by atoms with van der Waals surface area (Å²) in [6, 6.07) is 6.12. The molecule has 0 spiro atoms. The third-order valence-corrected chi connectivity index (χ3v) is 2.90. The van der Waals surface area contributed by atoms with Crippen molar-refractivity contribution in [2.24, 2.45) is 5.73 Å². The van der Waals surface area contributed by atoms with Gasteiger partial charge < -0.3 is 5.73 Å². The standard InChI is InChI=1S/C10H12BrN3/c1-2-14-8-5-3-4-7(6-12)9(8)10(11)13-14/h3-5H,2,6,12H2,1H3. The van der Waals surface area contributed by atoms with Gasteiger partial charge in [0.1, 0.15) is 4.60 Å². The van der Waals surface area contributed by atoms with Gasteiger partial charge in [0, 0.05) is 18.5 Å². The van der Waals surface area contributed by atoms with Crippen molar-refractivity contribution in [1.29, 1.82) is 0 Å². The molecule has 0 atom stereocenters. The molecule has 2 rings (SSSR count). The normalized spacial score (nSPS) is 11.1. The predicted molar refractivity (Wildman–Crippen MR) is 61.0 cm³/mol. The quantitative estimate of drug-likeness (QED) is 0.893. The first-order valence-electron chi connectivity index (χ1n) is 4.62. The van der Waals surface area contributed by atoms with E-state index in [1.165, 1.54) is 0 Å². The van der Waals surface area contributed by atoms with Crippen LogP contribution < -0.4 is 5.73 Å². The zero-order chi connectivity index (χ0) is 10.1. The van der Waals surface area contributed by atoms with E-state index in [1.807, 2.05) is 16.8 Å². The zero-order valence-corrected chi connectivity index (χ0v) is 9.58. The smallest absolute Gasteiger partial charge is 0.136 e. The Morgan fingerprint density at radius 2 is 2.29 bits per heavy atom. The molecule has 0 unspecified atom stereocenters. The minimum Gasteiger partial charge on any atom is -0.326 e. The molecule has 1 aromatic heterocycles. The second kappa shape index (κ2) is 3.71. The van der Waals surface area contributed by atoms with Gasteiger partial charge in [-0.1, -0.05) is 12.1 Å². The zero-order valence-electron chi connectivity index (χ0n) is 8.00. The average Bonchev–Trinajstić information content (AvgIpc) is 2.55. The molecule has 0 aliphatic rings. The van der Waals surface area contributed by atoms with Gasteiger partial charge in [0.15, 0.2) is 0 Å². The Labute approximate surface area is 91.0 Å². The van der Waals surface area contributed by atoms with Crippen LogP contribution in [-0.4, -0.2) is 9.78 Å². The molecule has 0 aliphatic heterocycles. The summed E-state index contributed by atoms with van der Waals surface area (Å²) in [6.45, 7) is 3.50. The van der Waals surface area contributed by atoms with Crippen molar-refractivity contribution >= 4 is 26.8 Å². The molecule has 4 heteroatoms. The van der Waals surface area contributed by atoms with Gasteiger partial charge in [0.25, 0.3) is 0 Å². The van der Waals surface area contributed by atoms with Gasteiger partial charge >= 0.3 is 0 Å². The molecule has 3 nitrogen and oxygen atoms in total. The van der Waals surface area contributed by atoms with Crippen LogP contribution in [-0.2, 0) is 13.1 Å². The predicted octanol–water partition coefficient (Wildman–Crippen LogP) is 2.28. The van der Waals surface area contributed by atoms with Gasteiger partial charge in [-0.25, -0.2) is 0 Å². The summed E-state index contributed by atoms with van der Waals surface area (Å²) in [5.74, 6) is 0. The number of halogens is 1. The molecular formula is C10H12BrN3. The first-order valence-corrected chi connectivity index (χ1v) is 5.41. The molecule has 74 valence electrons. The molecule has 2 N–H and O–H groups in total. The van der Waals surface area contributed by atoms with Gasteiger partial charge in [-0.3, -0.25) is 4.68 Å². The number of hydrogen-bond acceptors (Lipinski definition) is 2. The summed E-state index contributed by atoms with van der Waals surface area (Å²) < 4.78 is 2.86. The Morgan fingerprint density at radius 3 is 2.93 bits per heavy atom. The molecule has 0 fully saturated rings. The Morgan fingerprint density at radius 1 is 1.50 bits per heavy atom. The number of hydrogen-bond donors (Lipinski definition) is 1. The van der Waals surface area contributed by atoms with E-state index in [4.69, 9.17) is 5.73 Å². The van der Waals surface area contributed by atoms with E-state index in [9.17, 15) is 0 Å². The van der Waals surface area contributed by atoms with E-state index in [0.717, 1.165) is 27.6 Å². The Hall–Kier alpha value is -0.870. The van der Waals surface area contributed by atoms with E-state index in [2.05, 4.69) is 34.0 Å². The number of rotatable bonds is 2. The minimum atomic E-state index is 0.547. The summed E-state index contributed by atoms with van der Waals surface area (Å²) >= 11 is 3.46. The maximum absolute atomic E-state index is 5.68. The van der Waals surface area contributed by atoms with Crippen LogP contribution in [0.3, 0.4) is 0 Å². The highest BCUT2D eigenvalue weighted by atomic mass is 79.9. The molecule has 14 heavy (non-hydrogen) atoms. The molecule has 0 radical (unpaired) electrons. The molecule has 0 saturated heterocycles. The SMILES string of the molecule is CCn1nc(Br)c2c(CN)cccc21. The fourth-order valence-electron chi connectivity index (χ4n) is 1.66. The molecular weight excluding hydrogens is 242 g/mol. The van der Waals surface area contributed by atoms with Crippen LogP contribution in [0.2, 0.25) is 0 Å². The molecule has 0 bridgehead atoms. The number of nitrogens with two attached hydrogens (primary N) is 1. The van der Waals surface area contributed by atoms with Crippen molar-refractivity contribution in [1.82, 2.24) is 9.78 Å². The van der Waals surface area contributed by atoms with Crippen LogP contribution in [0.5, 0.6) is 0 Å². The third kappa shape index (κ3) is 1.35. The monoisotopic (exact) mass is 253 g/mol. The summed E-state index contributed by atoms with van der Waals surface area (Å²) in [5, 5.41) is 5.53. The van der Waals surface area contributed by atoms with E-state index in [1.54, 1.807) is 0 Å². The van der Waals surface area contributed by atoms with Crippen LogP contribution in [0.1, 0.15) is 12.5 Å². The average molecular weight is 254 g/mol. The molecule has 1 heterocycles. The van der Waals surface area contributed by atoms with Crippen LogP contribution in [0.15, 0.2) is 22.8 Å². The topological polar surface area (TPSA) is 43.8 Å². The highest BCUT2D eigenvalue weighted by Crippen LogP contribution is 2.26. The molecule has 2 aromatic rings. The fourth-order valence-corrected chi connectivity index (χ4v) is 2.31. The lowest BCUT2D eigenvalue weighted by atomic mass is 10.1. The van der Waals surface area contributed by atoms with Gasteiger partial charge in [-0.05, 0) is 34.5 Å². The van der Waals surface area contributed by atoms with Gasteiger partial charge in [0.05, 0.1) is 5.52 Å². The van der Waals surface area contributed by atoms with Crippen molar-refractivity contribution in [3.63, 3.8) is 0 Å². The van der Waals surface area contributed by atoms with E-state index < -0.39 is 0 Å². The van der Waals surface area contributed by atoms with Crippen LogP contribution in [0.25, 0.3) is 10.9 Å². The maximum Gasteiger partial charge on any atom is 0.136 e. The van der Waals surface area contributed by atoms with Gasteiger partial charge in [0.2, 0.25) is 0 Å². The summed E-state index contributed by atoms with van der Waals surface area (Å²) in [5.41, 5.74) is 7.95. The van der Waals surface area contributed by atoms with Crippen LogP contribution in [0.4, 0.5) is 0 Å². The number of aryl methyl sites for hydroxylation is 1. The number of nitrogens with zero attached hydrogens (tertiary/aromatic N) is 2. The van der Waals surface area contributed by atoms with Crippen molar-refractivity contribution in [2.45, 2.75) is 20.0 Å². The largest absolute Gasteiger partial charge is 0.326 e. The lowest BCUT2D eigenvalue weighted by molar-refractivity contribution is 0.678. The second-order valence-electron chi connectivity index (χ2n) is 3.12. The molecule has 0 amide bonds. The Balaban J connectivity index is 2.81. The van der Waals surface area contributed by atoms with E-state index >= 15 is 0 Å². The van der Waals surface area contributed by atoms with Crippen LogP contribution >= 0.6 is 15.9 Å². The summed E-state index contributed by atoms with van der Waals surface area (Å²) in [6.07, 6.45) is 0. The second-order valence-corrected chi connectivity index (χ2v) is 3.87. The highest BCUT2D eigenvalue weighted by Gasteiger charge is 2.09. The maximum atomic E-state index is 5.68. The lowest BCUT2D eigenvalue weighted by Crippen LogP contribution is -1.98. The minimum absolute atomic E-state index is 0.547. The summed E-state index contributed by atoms with van der Waals surface area (Å²) in [7, 11) is 0. The fraction of sp³-hybridized carbons (Fsp3) is 0.300. The van der Waals surface area contributed by atoms with Crippen molar-refractivity contribution in [2.75, 3.05) is 0 Å². The van der Waals surface area contributed by atoms with E-state index in [0.29, 0.717) is 6.54 Å². The van der Waals surface area contributed by atoms with Crippen molar-refractivity contribution < 1.29 is 0 Å².